The third-order valence-corrected chi connectivity index (χ3v) is 2.28. The first-order chi connectivity index (χ1) is 4.79. The van der Waals surface area contributed by atoms with E-state index in [0.717, 1.165) is 16.7 Å². The molecular weight excluding hydrogens is 194 g/mol. The van der Waals surface area contributed by atoms with Gasteiger partial charge in [-0.3, -0.25) is 4.68 Å². The van der Waals surface area contributed by atoms with E-state index in [-0.39, 0.29) is 0 Å². The summed E-state index contributed by atoms with van der Waals surface area (Å²) < 4.78 is 2.86. The summed E-state index contributed by atoms with van der Waals surface area (Å²) in [5.41, 5.74) is 6.49. The molecule has 0 amide bonds. The van der Waals surface area contributed by atoms with Crippen LogP contribution in [0.5, 0.6) is 0 Å². The second-order valence-corrected chi connectivity index (χ2v) is 2.73. The fraction of sp³-hybridized carbons (Fsp3) is 0.500. The van der Waals surface area contributed by atoms with Gasteiger partial charge in [0.25, 0.3) is 0 Å². The lowest BCUT2D eigenvalue weighted by Crippen LogP contribution is -1.98. The van der Waals surface area contributed by atoms with Gasteiger partial charge in [-0.05, 0) is 22.9 Å². The van der Waals surface area contributed by atoms with E-state index in [1.54, 1.807) is 6.20 Å². The molecule has 0 unspecified atom stereocenters. The molecule has 10 heavy (non-hydrogen) atoms. The van der Waals surface area contributed by atoms with Crippen LogP contribution in [0.1, 0.15) is 12.5 Å². The number of nitrogens with two attached hydrogens (primary N) is 1. The van der Waals surface area contributed by atoms with Crippen LogP contribution in [0.15, 0.2) is 10.8 Å². The molecule has 4 heteroatoms. The molecule has 0 aliphatic heterocycles. The summed E-state index contributed by atoms with van der Waals surface area (Å²) in [4.78, 5) is 0. The van der Waals surface area contributed by atoms with E-state index in [4.69, 9.17) is 5.73 Å². The van der Waals surface area contributed by atoms with Crippen LogP contribution in [-0.2, 0) is 13.1 Å². The average molecular weight is 204 g/mol. The number of nitrogens with zero attached hydrogens (tertiary/aromatic N) is 2. The molecule has 1 rings (SSSR count). The predicted octanol–water partition coefficient (Wildman–Crippen LogP) is 1.12. The van der Waals surface area contributed by atoms with Crippen LogP contribution in [-0.4, -0.2) is 9.78 Å². The number of aryl methyl sites for hydroxylation is 1. The first-order valence-electron chi connectivity index (χ1n) is 3.19. The number of rotatable bonds is 2. The molecule has 0 spiro atoms. The van der Waals surface area contributed by atoms with Crippen LogP contribution in [0.3, 0.4) is 0 Å². The van der Waals surface area contributed by atoms with Crippen molar-refractivity contribution in [2.75, 3.05) is 0 Å². The predicted molar refractivity (Wildman–Crippen MR) is 43.5 cm³/mol. The van der Waals surface area contributed by atoms with Crippen LogP contribution < -0.4 is 5.73 Å². The van der Waals surface area contributed by atoms with Crippen molar-refractivity contribution in [1.29, 1.82) is 0 Å². The molecule has 0 fully saturated rings. The summed E-state index contributed by atoms with van der Waals surface area (Å²) in [6.07, 6.45) is 1.79. The Morgan fingerprint density at radius 3 is 2.80 bits per heavy atom. The Morgan fingerprint density at radius 2 is 2.50 bits per heavy atom. The monoisotopic (exact) mass is 203 g/mol. The van der Waals surface area contributed by atoms with Gasteiger partial charge in [-0.25, -0.2) is 0 Å². The first-order valence-corrected chi connectivity index (χ1v) is 3.99. The Bertz CT molecular complexity index is 197. The molecule has 1 heterocycles. The molecule has 0 bridgehead atoms. The molecule has 0 aliphatic carbocycles. The van der Waals surface area contributed by atoms with Crippen molar-refractivity contribution in [3.05, 3.63) is 16.4 Å². The molecule has 2 N–H and O–H groups in total. The first kappa shape index (κ1) is 7.75. The molecule has 1 aromatic rings. The highest BCUT2D eigenvalue weighted by Crippen LogP contribution is 2.14. The Hall–Kier alpha value is -0.350. The van der Waals surface area contributed by atoms with E-state index >= 15 is 0 Å². The minimum Gasteiger partial charge on any atom is -0.326 e. The van der Waals surface area contributed by atoms with Crippen molar-refractivity contribution in [3.8, 4) is 0 Å². The van der Waals surface area contributed by atoms with Gasteiger partial charge in [0.1, 0.15) is 4.60 Å². The van der Waals surface area contributed by atoms with Gasteiger partial charge in [-0.1, -0.05) is 0 Å². The third kappa shape index (κ3) is 1.22. The van der Waals surface area contributed by atoms with Crippen LogP contribution in [0.4, 0.5) is 0 Å². The normalized spacial score (nSPS) is 10.3. The molecule has 56 valence electrons. The lowest BCUT2D eigenvalue weighted by atomic mass is 10.4. The van der Waals surface area contributed by atoms with Gasteiger partial charge < -0.3 is 5.73 Å². The summed E-state index contributed by atoms with van der Waals surface area (Å²) in [6, 6.07) is 0. The van der Waals surface area contributed by atoms with Crippen molar-refractivity contribution in [2.45, 2.75) is 20.0 Å². The Balaban J connectivity index is 2.97. The van der Waals surface area contributed by atoms with Crippen LogP contribution in [0, 0.1) is 0 Å². The molecule has 3 nitrogen and oxygen atoms in total. The topological polar surface area (TPSA) is 43.8 Å². The maximum absolute atomic E-state index is 5.44. The number of hydrogen-bond donors (Lipinski definition) is 1. The van der Waals surface area contributed by atoms with Crippen molar-refractivity contribution < 1.29 is 0 Å². The quantitative estimate of drug-likeness (QED) is 0.784. The molecule has 1 aromatic heterocycles. The fourth-order valence-corrected chi connectivity index (χ4v) is 1.37. The lowest BCUT2D eigenvalue weighted by Gasteiger charge is -1.96. The minimum absolute atomic E-state index is 0.542. The standard InChI is InChI=1S/C6H10BrN3/c1-2-10-6(7)5(3-8)4-9-10/h4H,2-3,8H2,1H3. The van der Waals surface area contributed by atoms with Gasteiger partial charge in [0.05, 0.1) is 6.20 Å². The third-order valence-electron chi connectivity index (χ3n) is 1.36. The second kappa shape index (κ2) is 3.16. The molecule has 0 atom stereocenters. The largest absolute Gasteiger partial charge is 0.326 e. The van der Waals surface area contributed by atoms with Crippen LogP contribution in [0.25, 0.3) is 0 Å². The van der Waals surface area contributed by atoms with E-state index in [9.17, 15) is 0 Å². The van der Waals surface area contributed by atoms with Gasteiger partial charge in [0, 0.05) is 18.7 Å². The van der Waals surface area contributed by atoms with Crippen molar-refractivity contribution in [3.63, 3.8) is 0 Å². The summed E-state index contributed by atoms with van der Waals surface area (Å²) in [7, 11) is 0. The Morgan fingerprint density at radius 1 is 1.80 bits per heavy atom. The fourth-order valence-electron chi connectivity index (χ4n) is 0.766. The SMILES string of the molecule is CCn1ncc(CN)c1Br. The van der Waals surface area contributed by atoms with Gasteiger partial charge >= 0.3 is 0 Å². The maximum Gasteiger partial charge on any atom is 0.108 e. The molecule has 0 saturated carbocycles. The van der Waals surface area contributed by atoms with Crippen molar-refractivity contribution in [2.24, 2.45) is 5.73 Å². The number of halogens is 1. The highest BCUT2D eigenvalue weighted by molar-refractivity contribution is 9.10. The van der Waals surface area contributed by atoms with Gasteiger partial charge in [0.2, 0.25) is 0 Å². The van der Waals surface area contributed by atoms with E-state index in [1.165, 1.54) is 0 Å². The summed E-state index contributed by atoms with van der Waals surface area (Å²) in [6.45, 7) is 3.46. The summed E-state index contributed by atoms with van der Waals surface area (Å²) in [5, 5.41) is 4.09. The Kier molecular flexibility index (Phi) is 2.45. The second-order valence-electron chi connectivity index (χ2n) is 1.98. The van der Waals surface area contributed by atoms with Crippen LogP contribution in [0.2, 0.25) is 0 Å². The smallest absolute Gasteiger partial charge is 0.108 e. The van der Waals surface area contributed by atoms with E-state index in [2.05, 4.69) is 21.0 Å². The molecular formula is C6H10BrN3. The van der Waals surface area contributed by atoms with Crippen molar-refractivity contribution >= 4 is 15.9 Å². The zero-order valence-corrected chi connectivity index (χ0v) is 7.43. The van der Waals surface area contributed by atoms with Gasteiger partial charge in [-0.2, -0.15) is 5.10 Å². The maximum atomic E-state index is 5.44. The molecule has 0 aliphatic rings. The highest BCUT2D eigenvalue weighted by atomic mass is 79.9. The van der Waals surface area contributed by atoms with Gasteiger partial charge in [-0.15, -0.1) is 0 Å². The zero-order chi connectivity index (χ0) is 7.56. The molecule has 0 aromatic carbocycles. The summed E-state index contributed by atoms with van der Waals surface area (Å²) >= 11 is 3.39. The lowest BCUT2D eigenvalue weighted by molar-refractivity contribution is 0.644. The zero-order valence-electron chi connectivity index (χ0n) is 5.84. The Labute approximate surface area is 68.3 Å². The average Bonchev–Trinajstić information content (AvgIpc) is 2.30. The summed E-state index contributed by atoms with van der Waals surface area (Å²) in [5.74, 6) is 0. The highest BCUT2D eigenvalue weighted by Gasteiger charge is 2.02. The number of hydrogen-bond acceptors (Lipinski definition) is 2. The van der Waals surface area contributed by atoms with E-state index in [1.807, 2.05) is 11.6 Å². The molecule has 0 saturated heterocycles. The van der Waals surface area contributed by atoms with Gasteiger partial charge in [0.15, 0.2) is 0 Å². The van der Waals surface area contributed by atoms with Crippen molar-refractivity contribution in [1.82, 2.24) is 9.78 Å². The minimum atomic E-state index is 0.542. The number of aromatic nitrogens is 2. The van der Waals surface area contributed by atoms with Crippen LogP contribution >= 0.6 is 15.9 Å². The van der Waals surface area contributed by atoms with E-state index in [0.29, 0.717) is 6.54 Å². The van der Waals surface area contributed by atoms with E-state index < -0.39 is 0 Å². The molecule has 0 radical (unpaired) electrons.